The first kappa shape index (κ1) is 19.4. The molecule has 0 fully saturated rings. The van der Waals surface area contributed by atoms with Gasteiger partial charge in [-0.15, -0.1) is 10.2 Å². The van der Waals surface area contributed by atoms with Gasteiger partial charge in [-0.2, -0.15) is 0 Å². The molecule has 1 N–H and O–H groups in total. The van der Waals surface area contributed by atoms with Crippen LogP contribution in [-0.2, 0) is 11.8 Å². The number of benzene rings is 2. The molecule has 0 spiro atoms. The SMILES string of the molecule is Cn1c(SCC(=O)Nc2c(F)cc(F)cc2Br)nnc1-c1ccccc1F. The summed E-state index contributed by atoms with van der Waals surface area (Å²) >= 11 is 4.06. The molecule has 0 aliphatic carbocycles. The molecule has 1 amide bonds. The first-order chi connectivity index (χ1) is 12.9. The lowest BCUT2D eigenvalue weighted by atomic mass is 10.2. The first-order valence-electron chi connectivity index (χ1n) is 7.58. The van der Waals surface area contributed by atoms with E-state index in [1.807, 2.05) is 0 Å². The smallest absolute Gasteiger partial charge is 0.234 e. The zero-order chi connectivity index (χ0) is 19.6. The summed E-state index contributed by atoms with van der Waals surface area (Å²) in [7, 11) is 1.65. The Kier molecular flexibility index (Phi) is 5.85. The third kappa shape index (κ3) is 4.33. The van der Waals surface area contributed by atoms with E-state index >= 15 is 0 Å². The van der Waals surface area contributed by atoms with Crippen LogP contribution in [0.5, 0.6) is 0 Å². The van der Waals surface area contributed by atoms with Gasteiger partial charge in [0.1, 0.15) is 11.6 Å². The van der Waals surface area contributed by atoms with Crippen LogP contribution >= 0.6 is 27.7 Å². The van der Waals surface area contributed by atoms with Crippen LogP contribution in [0.25, 0.3) is 11.4 Å². The molecule has 0 saturated carbocycles. The molecule has 1 heterocycles. The van der Waals surface area contributed by atoms with Gasteiger partial charge in [0, 0.05) is 17.6 Å². The van der Waals surface area contributed by atoms with Gasteiger partial charge in [0.15, 0.2) is 16.8 Å². The number of aromatic nitrogens is 3. The van der Waals surface area contributed by atoms with Crippen molar-refractivity contribution in [3.05, 3.63) is 58.3 Å². The van der Waals surface area contributed by atoms with Crippen LogP contribution in [0.2, 0.25) is 0 Å². The van der Waals surface area contributed by atoms with Crippen LogP contribution in [0.1, 0.15) is 0 Å². The topological polar surface area (TPSA) is 59.8 Å². The summed E-state index contributed by atoms with van der Waals surface area (Å²) in [5.41, 5.74) is 0.146. The maximum absolute atomic E-state index is 13.9. The van der Waals surface area contributed by atoms with E-state index in [0.29, 0.717) is 22.6 Å². The molecule has 3 rings (SSSR count). The second-order valence-electron chi connectivity index (χ2n) is 5.43. The molecule has 0 atom stereocenters. The number of carbonyl (C=O) groups excluding carboxylic acids is 1. The van der Waals surface area contributed by atoms with Crippen molar-refractivity contribution in [3.63, 3.8) is 0 Å². The van der Waals surface area contributed by atoms with Crippen molar-refractivity contribution in [2.75, 3.05) is 11.1 Å². The highest BCUT2D eigenvalue weighted by molar-refractivity contribution is 9.10. The molecular weight excluding hydrogens is 445 g/mol. The summed E-state index contributed by atoms with van der Waals surface area (Å²) in [6.07, 6.45) is 0. The molecule has 27 heavy (non-hydrogen) atoms. The number of nitrogens with zero attached hydrogens (tertiary/aromatic N) is 3. The van der Waals surface area contributed by atoms with Gasteiger partial charge in [-0.05, 0) is 34.1 Å². The fourth-order valence-corrected chi connectivity index (χ4v) is 3.50. The fraction of sp³-hybridized carbons (Fsp3) is 0.118. The average molecular weight is 457 g/mol. The van der Waals surface area contributed by atoms with Gasteiger partial charge in [0.25, 0.3) is 0 Å². The molecule has 5 nitrogen and oxygen atoms in total. The van der Waals surface area contributed by atoms with Crippen molar-refractivity contribution >= 4 is 39.3 Å². The van der Waals surface area contributed by atoms with Crippen LogP contribution in [0, 0.1) is 17.5 Å². The molecule has 3 aromatic rings. The van der Waals surface area contributed by atoms with E-state index in [2.05, 4.69) is 31.4 Å². The van der Waals surface area contributed by atoms with E-state index in [1.165, 1.54) is 6.07 Å². The van der Waals surface area contributed by atoms with E-state index in [9.17, 15) is 18.0 Å². The van der Waals surface area contributed by atoms with Gasteiger partial charge in [-0.1, -0.05) is 23.9 Å². The van der Waals surface area contributed by atoms with E-state index in [4.69, 9.17) is 0 Å². The average Bonchev–Trinajstić information content (AvgIpc) is 2.97. The third-order valence-electron chi connectivity index (χ3n) is 3.55. The summed E-state index contributed by atoms with van der Waals surface area (Å²) in [4.78, 5) is 12.1. The zero-order valence-corrected chi connectivity index (χ0v) is 16.2. The van der Waals surface area contributed by atoms with Crippen LogP contribution in [0.4, 0.5) is 18.9 Å². The summed E-state index contributed by atoms with van der Waals surface area (Å²) < 4.78 is 42.4. The maximum Gasteiger partial charge on any atom is 0.234 e. The highest BCUT2D eigenvalue weighted by Gasteiger charge is 2.17. The Morgan fingerprint density at radius 1 is 1.19 bits per heavy atom. The molecule has 140 valence electrons. The number of thioether (sulfide) groups is 1. The lowest BCUT2D eigenvalue weighted by Gasteiger charge is -2.09. The van der Waals surface area contributed by atoms with Gasteiger partial charge in [0.2, 0.25) is 5.91 Å². The molecule has 2 aromatic carbocycles. The Morgan fingerprint density at radius 3 is 2.63 bits per heavy atom. The van der Waals surface area contributed by atoms with E-state index in [0.717, 1.165) is 17.8 Å². The lowest BCUT2D eigenvalue weighted by Crippen LogP contribution is -2.16. The highest BCUT2D eigenvalue weighted by Crippen LogP contribution is 2.28. The van der Waals surface area contributed by atoms with Crippen molar-refractivity contribution in [1.29, 1.82) is 0 Å². The summed E-state index contributed by atoms with van der Waals surface area (Å²) in [5.74, 6) is -2.36. The number of rotatable bonds is 5. The largest absolute Gasteiger partial charge is 0.322 e. The second-order valence-corrected chi connectivity index (χ2v) is 7.22. The van der Waals surface area contributed by atoms with E-state index < -0.39 is 23.4 Å². The number of hydrogen-bond acceptors (Lipinski definition) is 4. The van der Waals surface area contributed by atoms with Gasteiger partial charge in [-0.3, -0.25) is 4.79 Å². The minimum Gasteiger partial charge on any atom is -0.322 e. The van der Waals surface area contributed by atoms with Gasteiger partial charge >= 0.3 is 0 Å². The Morgan fingerprint density at radius 2 is 1.93 bits per heavy atom. The number of carbonyl (C=O) groups is 1. The van der Waals surface area contributed by atoms with Gasteiger partial charge in [0.05, 0.1) is 17.0 Å². The van der Waals surface area contributed by atoms with Crippen LogP contribution in [0.15, 0.2) is 46.0 Å². The molecule has 0 unspecified atom stereocenters. The van der Waals surface area contributed by atoms with Gasteiger partial charge in [-0.25, -0.2) is 13.2 Å². The van der Waals surface area contributed by atoms with E-state index in [1.54, 1.807) is 29.8 Å². The second kappa shape index (κ2) is 8.13. The molecule has 10 heteroatoms. The Labute approximate surface area is 165 Å². The third-order valence-corrected chi connectivity index (χ3v) is 5.20. The molecule has 0 bridgehead atoms. The Bertz CT molecular complexity index is 989. The van der Waals surface area contributed by atoms with Crippen LogP contribution in [0.3, 0.4) is 0 Å². The lowest BCUT2D eigenvalue weighted by molar-refractivity contribution is -0.113. The highest BCUT2D eigenvalue weighted by atomic mass is 79.9. The summed E-state index contributed by atoms with van der Waals surface area (Å²) in [5, 5.41) is 10.7. The van der Waals surface area contributed by atoms with Crippen LogP contribution in [-0.4, -0.2) is 26.4 Å². The fourth-order valence-electron chi connectivity index (χ4n) is 2.28. The minimum absolute atomic E-state index is 0.0908. The van der Waals surface area contributed by atoms with Crippen molar-refractivity contribution in [2.24, 2.45) is 7.05 Å². The predicted octanol–water partition coefficient (Wildman–Crippen LogP) is 4.39. The Hall–Kier alpha value is -2.33. The number of halogens is 4. The molecule has 0 saturated heterocycles. The Balaban J connectivity index is 1.69. The number of amides is 1. The molecular formula is C17H12BrF3N4OS. The molecule has 0 radical (unpaired) electrons. The normalized spacial score (nSPS) is 10.9. The van der Waals surface area contributed by atoms with Crippen molar-refractivity contribution in [1.82, 2.24) is 14.8 Å². The number of anilines is 1. The minimum atomic E-state index is -0.888. The maximum atomic E-state index is 13.9. The first-order valence-corrected chi connectivity index (χ1v) is 9.36. The monoisotopic (exact) mass is 456 g/mol. The molecule has 0 aliphatic heterocycles. The quantitative estimate of drug-likeness (QED) is 0.578. The molecule has 1 aromatic heterocycles. The summed E-state index contributed by atoms with van der Waals surface area (Å²) in [6, 6.07) is 7.88. The van der Waals surface area contributed by atoms with E-state index in [-0.39, 0.29) is 15.9 Å². The summed E-state index contributed by atoms with van der Waals surface area (Å²) in [6.45, 7) is 0. The van der Waals surface area contributed by atoms with Crippen LogP contribution < -0.4 is 5.32 Å². The zero-order valence-electron chi connectivity index (χ0n) is 13.8. The molecule has 0 aliphatic rings. The number of nitrogens with one attached hydrogen (secondary N) is 1. The predicted molar refractivity (Wildman–Crippen MR) is 99.8 cm³/mol. The van der Waals surface area contributed by atoms with Crippen molar-refractivity contribution in [2.45, 2.75) is 5.16 Å². The van der Waals surface area contributed by atoms with Crippen molar-refractivity contribution < 1.29 is 18.0 Å². The number of hydrogen-bond donors (Lipinski definition) is 1. The van der Waals surface area contributed by atoms with Crippen molar-refractivity contribution in [3.8, 4) is 11.4 Å². The van der Waals surface area contributed by atoms with Gasteiger partial charge < -0.3 is 9.88 Å². The standard InChI is InChI=1S/C17H12BrF3N4OS/c1-25-16(10-4-2-3-5-12(10)20)23-24-17(25)27-8-14(26)22-15-11(18)6-9(19)7-13(15)21/h2-7H,8H2,1H3,(H,22,26).